The Kier molecular flexibility index (Phi) is 4.22. The summed E-state index contributed by atoms with van der Waals surface area (Å²) in [6, 6.07) is 5.26. The van der Waals surface area contributed by atoms with Gasteiger partial charge in [0.05, 0.1) is 0 Å². The van der Waals surface area contributed by atoms with Crippen LogP contribution < -0.4 is 4.90 Å². The average molecular weight is 280 g/mol. The van der Waals surface area contributed by atoms with Crippen LogP contribution in [-0.4, -0.2) is 41.1 Å². The van der Waals surface area contributed by atoms with Gasteiger partial charge in [0.25, 0.3) is 0 Å². The van der Waals surface area contributed by atoms with Gasteiger partial charge in [-0.3, -0.25) is 9.69 Å². The number of rotatable bonds is 5. The number of carbonyl (C=O) groups excluding carboxylic acids is 1. The van der Waals surface area contributed by atoms with Crippen LogP contribution in [0.25, 0.3) is 0 Å². The molecule has 0 bridgehead atoms. The predicted octanol–water partition coefficient (Wildman–Crippen LogP) is 2.32. The van der Waals surface area contributed by atoms with E-state index in [9.17, 15) is 14.0 Å². The summed E-state index contributed by atoms with van der Waals surface area (Å²) in [7, 11) is 0. The van der Waals surface area contributed by atoms with E-state index >= 15 is 0 Å². The second-order valence-electron chi connectivity index (χ2n) is 4.76. The number of anilines is 1. The molecule has 1 aromatic rings. The van der Waals surface area contributed by atoms with E-state index in [1.54, 1.807) is 6.92 Å². The van der Waals surface area contributed by atoms with Crippen molar-refractivity contribution in [3.63, 3.8) is 0 Å². The zero-order valence-corrected chi connectivity index (χ0v) is 11.3. The Bertz CT molecular complexity index is 500. The minimum absolute atomic E-state index is 0.00750. The number of hydrogen-bond donors (Lipinski definition) is 1. The fourth-order valence-electron chi connectivity index (χ4n) is 2.09. The van der Waals surface area contributed by atoms with Crippen LogP contribution in [0, 0.1) is 5.82 Å². The van der Waals surface area contributed by atoms with E-state index in [-0.39, 0.29) is 24.4 Å². The van der Waals surface area contributed by atoms with Gasteiger partial charge in [0, 0.05) is 18.3 Å². The quantitative estimate of drug-likeness (QED) is 0.900. The number of aliphatic carboxylic acids is 1. The molecule has 0 radical (unpaired) electrons. The van der Waals surface area contributed by atoms with Gasteiger partial charge in [0.2, 0.25) is 0 Å². The van der Waals surface area contributed by atoms with E-state index < -0.39 is 5.97 Å². The van der Waals surface area contributed by atoms with Crippen molar-refractivity contribution in [2.45, 2.75) is 25.8 Å². The molecule has 2 amide bonds. The molecule has 0 heterocycles. The van der Waals surface area contributed by atoms with Crippen LogP contribution in [0.4, 0.5) is 14.9 Å². The number of urea groups is 1. The second kappa shape index (κ2) is 5.90. The van der Waals surface area contributed by atoms with Crippen molar-refractivity contribution in [1.82, 2.24) is 4.90 Å². The summed E-state index contributed by atoms with van der Waals surface area (Å²) in [5.41, 5.74) is 0.565. The van der Waals surface area contributed by atoms with Gasteiger partial charge in [-0.05, 0) is 44.0 Å². The molecule has 1 N–H and O–H groups in total. The second-order valence-corrected chi connectivity index (χ2v) is 4.76. The van der Waals surface area contributed by atoms with Crippen LogP contribution in [0.5, 0.6) is 0 Å². The van der Waals surface area contributed by atoms with Gasteiger partial charge >= 0.3 is 12.0 Å². The lowest BCUT2D eigenvalue weighted by molar-refractivity contribution is -0.137. The maximum Gasteiger partial charge on any atom is 0.325 e. The topological polar surface area (TPSA) is 60.9 Å². The monoisotopic (exact) mass is 280 g/mol. The minimum atomic E-state index is -1.03. The molecule has 0 aromatic heterocycles. The number of carboxylic acids is 1. The summed E-state index contributed by atoms with van der Waals surface area (Å²) in [6.07, 6.45) is 1.67. The number of benzene rings is 1. The van der Waals surface area contributed by atoms with E-state index in [2.05, 4.69) is 0 Å². The van der Waals surface area contributed by atoms with Crippen LogP contribution >= 0.6 is 0 Å². The number of carboxylic acid groups (broad SMARTS) is 1. The predicted molar refractivity (Wildman–Crippen MR) is 72.2 cm³/mol. The number of halogens is 1. The Morgan fingerprint density at radius 3 is 2.35 bits per heavy atom. The number of carbonyl (C=O) groups is 2. The van der Waals surface area contributed by atoms with E-state index in [4.69, 9.17) is 5.11 Å². The molecule has 1 aromatic carbocycles. The molecule has 108 valence electrons. The number of amides is 2. The Morgan fingerprint density at radius 2 is 1.90 bits per heavy atom. The SMILES string of the molecule is CCN(C(=O)N(CC(=O)O)C1CC1)c1ccc(F)cc1. The highest BCUT2D eigenvalue weighted by Crippen LogP contribution is 2.28. The van der Waals surface area contributed by atoms with Gasteiger partial charge in [-0.25, -0.2) is 9.18 Å². The third-order valence-electron chi connectivity index (χ3n) is 3.22. The van der Waals surface area contributed by atoms with Crippen LogP contribution in [0.3, 0.4) is 0 Å². The molecule has 0 saturated heterocycles. The van der Waals surface area contributed by atoms with Crippen molar-refractivity contribution in [3.8, 4) is 0 Å². The molecule has 0 spiro atoms. The zero-order valence-electron chi connectivity index (χ0n) is 11.3. The van der Waals surface area contributed by atoms with Crippen LogP contribution in [0.1, 0.15) is 19.8 Å². The highest BCUT2D eigenvalue weighted by atomic mass is 19.1. The summed E-state index contributed by atoms with van der Waals surface area (Å²) < 4.78 is 12.9. The smallest absolute Gasteiger partial charge is 0.325 e. The fraction of sp³-hybridized carbons (Fsp3) is 0.429. The highest BCUT2D eigenvalue weighted by molar-refractivity contribution is 5.94. The Labute approximate surface area is 116 Å². The third kappa shape index (κ3) is 3.26. The first kappa shape index (κ1) is 14.3. The normalized spacial score (nSPS) is 13.9. The maximum atomic E-state index is 12.9. The van der Waals surface area contributed by atoms with Crippen LogP contribution in [0.15, 0.2) is 24.3 Å². The van der Waals surface area contributed by atoms with Gasteiger partial charge in [0.15, 0.2) is 0 Å². The third-order valence-corrected chi connectivity index (χ3v) is 3.22. The van der Waals surface area contributed by atoms with Crippen molar-refractivity contribution in [2.24, 2.45) is 0 Å². The summed E-state index contributed by atoms with van der Waals surface area (Å²) >= 11 is 0. The summed E-state index contributed by atoms with van der Waals surface area (Å²) in [4.78, 5) is 26.2. The summed E-state index contributed by atoms with van der Waals surface area (Å²) in [5, 5.41) is 8.91. The summed E-state index contributed by atoms with van der Waals surface area (Å²) in [5.74, 6) is -1.40. The van der Waals surface area contributed by atoms with Gasteiger partial charge in [0.1, 0.15) is 12.4 Å². The van der Waals surface area contributed by atoms with Gasteiger partial charge in [-0.1, -0.05) is 0 Å². The average Bonchev–Trinajstić information content (AvgIpc) is 3.23. The number of nitrogens with zero attached hydrogens (tertiary/aromatic N) is 2. The molecular weight excluding hydrogens is 263 g/mol. The lowest BCUT2D eigenvalue weighted by atomic mass is 10.3. The maximum absolute atomic E-state index is 12.9. The molecule has 5 nitrogen and oxygen atoms in total. The van der Waals surface area contributed by atoms with E-state index in [1.165, 1.54) is 34.1 Å². The first-order valence-corrected chi connectivity index (χ1v) is 6.58. The Hall–Kier alpha value is -2.11. The van der Waals surface area contributed by atoms with E-state index in [1.807, 2.05) is 0 Å². The molecule has 0 unspecified atom stereocenters. The van der Waals surface area contributed by atoms with E-state index in [0.717, 1.165) is 12.8 Å². The molecule has 20 heavy (non-hydrogen) atoms. The molecule has 1 saturated carbocycles. The van der Waals surface area contributed by atoms with Gasteiger partial charge in [-0.15, -0.1) is 0 Å². The fourth-order valence-corrected chi connectivity index (χ4v) is 2.09. The lowest BCUT2D eigenvalue weighted by Gasteiger charge is -2.29. The van der Waals surface area contributed by atoms with Crippen molar-refractivity contribution in [2.75, 3.05) is 18.0 Å². The van der Waals surface area contributed by atoms with Crippen molar-refractivity contribution < 1.29 is 19.1 Å². The number of hydrogen-bond acceptors (Lipinski definition) is 2. The molecule has 1 aliphatic rings. The first-order valence-electron chi connectivity index (χ1n) is 6.58. The lowest BCUT2D eigenvalue weighted by Crippen LogP contribution is -2.46. The molecular formula is C14H17FN2O3. The molecule has 0 atom stereocenters. The molecule has 1 fully saturated rings. The van der Waals surface area contributed by atoms with Gasteiger partial charge < -0.3 is 10.0 Å². The van der Waals surface area contributed by atoms with Crippen molar-refractivity contribution in [1.29, 1.82) is 0 Å². The Balaban J connectivity index is 2.18. The Morgan fingerprint density at radius 1 is 1.30 bits per heavy atom. The largest absolute Gasteiger partial charge is 0.480 e. The summed E-state index contributed by atoms with van der Waals surface area (Å²) in [6.45, 7) is 1.89. The van der Waals surface area contributed by atoms with Crippen LogP contribution in [0.2, 0.25) is 0 Å². The molecule has 1 aliphatic carbocycles. The first-order chi connectivity index (χ1) is 9.52. The van der Waals surface area contributed by atoms with Gasteiger partial charge in [-0.2, -0.15) is 0 Å². The zero-order chi connectivity index (χ0) is 14.7. The molecule has 0 aliphatic heterocycles. The van der Waals surface area contributed by atoms with E-state index in [0.29, 0.717) is 12.2 Å². The van der Waals surface area contributed by atoms with Crippen LogP contribution in [-0.2, 0) is 4.79 Å². The highest BCUT2D eigenvalue weighted by Gasteiger charge is 2.36. The molecule has 6 heteroatoms. The molecule has 2 rings (SSSR count). The standard InChI is InChI=1S/C14H17FN2O3/c1-2-16(11-5-3-10(15)4-6-11)14(20)17(9-13(18)19)12-7-8-12/h3-6,12H,2,7-9H2,1H3,(H,18,19). The minimum Gasteiger partial charge on any atom is -0.480 e. The van der Waals surface area contributed by atoms with Crippen molar-refractivity contribution in [3.05, 3.63) is 30.1 Å². The van der Waals surface area contributed by atoms with Crippen molar-refractivity contribution >= 4 is 17.7 Å².